The molecule has 3 rings (SSSR count). The van der Waals surface area contributed by atoms with Crippen molar-refractivity contribution in [3.8, 4) is 0 Å². The van der Waals surface area contributed by atoms with Gasteiger partial charge in [0.25, 0.3) is 0 Å². The van der Waals surface area contributed by atoms with Gasteiger partial charge >= 0.3 is 0 Å². The fourth-order valence-corrected chi connectivity index (χ4v) is 3.85. The van der Waals surface area contributed by atoms with Crippen molar-refractivity contribution in [1.29, 1.82) is 0 Å². The van der Waals surface area contributed by atoms with Gasteiger partial charge in [-0.1, -0.05) is 20.3 Å². The number of aromatic amines is 1. The van der Waals surface area contributed by atoms with Gasteiger partial charge in [-0.25, -0.2) is 0 Å². The summed E-state index contributed by atoms with van der Waals surface area (Å²) in [6.07, 6.45) is 5.55. The molecule has 4 heteroatoms. The Balaban J connectivity index is 2.00. The van der Waals surface area contributed by atoms with E-state index in [2.05, 4.69) is 28.6 Å². The molecule has 2 aliphatic carbocycles. The van der Waals surface area contributed by atoms with Crippen molar-refractivity contribution in [2.24, 2.45) is 11.8 Å². The predicted octanol–water partition coefficient (Wildman–Crippen LogP) is 3.43. The molecule has 0 saturated heterocycles. The van der Waals surface area contributed by atoms with E-state index in [9.17, 15) is 0 Å². The van der Waals surface area contributed by atoms with Gasteiger partial charge < -0.3 is 4.57 Å². The molecular formula is C12H19N3S. The van der Waals surface area contributed by atoms with Crippen LogP contribution in [0, 0.1) is 16.6 Å². The van der Waals surface area contributed by atoms with Crippen molar-refractivity contribution in [3.63, 3.8) is 0 Å². The molecule has 1 heterocycles. The van der Waals surface area contributed by atoms with E-state index in [-0.39, 0.29) is 0 Å². The number of rotatable bonds is 2. The van der Waals surface area contributed by atoms with E-state index >= 15 is 0 Å². The summed E-state index contributed by atoms with van der Waals surface area (Å²) in [7, 11) is 0. The minimum atomic E-state index is 0.451. The van der Waals surface area contributed by atoms with Crippen LogP contribution in [0.2, 0.25) is 0 Å². The maximum absolute atomic E-state index is 5.39. The summed E-state index contributed by atoms with van der Waals surface area (Å²) in [4.78, 5) is 0. The highest BCUT2D eigenvalue weighted by Gasteiger charge is 2.41. The van der Waals surface area contributed by atoms with Gasteiger partial charge in [-0.3, -0.25) is 5.10 Å². The summed E-state index contributed by atoms with van der Waals surface area (Å²) in [6, 6.07) is 0.627. The molecule has 1 N–H and O–H groups in total. The number of hydrogen-bond acceptors (Lipinski definition) is 2. The molecule has 0 spiro atoms. The lowest BCUT2D eigenvalue weighted by Gasteiger charge is -2.25. The van der Waals surface area contributed by atoms with Gasteiger partial charge in [0.15, 0.2) is 4.77 Å². The monoisotopic (exact) mass is 237 g/mol. The van der Waals surface area contributed by atoms with Crippen LogP contribution in [-0.2, 0) is 0 Å². The first kappa shape index (κ1) is 10.5. The minimum Gasteiger partial charge on any atom is -0.301 e. The summed E-state index contributed by atoms with van der Waals surface area (Å²) in [5, 5.41) is 7.36. The maximum Gasteiger partial charge on any atom is 0.195 e. The summed E-state index contributed by atoms with van der Waals surface area (Å²) < 4.78 is 3.13. The highest BCUT2D eigenvalue weighted by Crippen LogP contribution is 2.51. The van der Waals surface area contributed by atoms with Gasteiger partial charge in [0.1, 0.15) is 5.82 Å². The predicted molar refractivity (Wildman–Crippen MR) is 66.0 cm³/mol. The van der Waals surface area contributed by atoms with E-state index in [4.69, 9.17) is 12.2 Å². The molecule has 2 fully saturated rings. The van der Waals surface area contributed by atoms with Crippen molar-refractivity contribution in [2.75, 3.05) is 0 Å². The molecule has 1 aromatic rings. The molecule has 2 saturated carbocycles. The molecule has 3 nitrogen and oxygen atoms in total. The normalized spacial score (nSPS) is 32.8. The maximum atomic E-state index is 5.39. The Morgan fingerprint density at radius 2 is 2.19 bits per heavy atom. The van der Waals surface area contributed by atoms with E-state index in [0.717, 1.165) is 22.4 Å². The van der Waals surface area contributed by atoms with Crippen molar-refractivity contribution in [3.05, 3.63) is 10.6 Å². The highest BCUT2D eigenvalue weighted by molar-refractivity contribution is 7.71. The van der Waals surface area contributed by atoms with E-state index in [1.807, 2.05) is 0 Å². The Morgan fingerprint density at radius 1 is 1.38 bits per heavy atom. The van der Waals surface area contributed by atoms with Crippen molar-refractivity contribution in [2.45, 2.75) is 51.5 Å². The van der Waals surface area contributed by atoms with Crippen LogP contribution < -0.4 is 0 Å². The van der Waals surface area contributed by atoms with Crippen LogP contribution >= 0.6 is 12.2 Å². The molecule has 3 unspecified atom stereocenters. The van der Waals surface area contributed by atoms with Crippen LogP contribution in [0.3, 0.4) is 0 Å². The molecule has 3 atom stereocenters. The van der Waals surface area contributed by atoms with E-state index in [1.54, 1.807) is 0 Å². The second kappa shape index (κ2) is 3.69. The first-order chi connectivity index (χ1) is 7.66. The summed E-state index contributed by atoms with van der Waals surface area (Å²) in [6.45, 7) is 4.38. The molecule has 0 amide bonds. The van der Waals surface area contributed by atoms with E-state index < -0.39 is 0 Å². The number of aromatic nitrogens is 3. The molecule has 2 aliphatic rings. The quantitative estimate of drug-likeness (QED) is 0.800. The van der Waals surface area contributed by atoms with E-state index in [0.29, 0.717) is 12.0 Å². The molecule has 88 valence electrons. The van der Waals surface area contributed by atoms with Crippen LogP contribution in [0.4, 0.5) is 0 Å². The number of H-pyrrole nitrogens is 1. The van der Waals surface area contributed by atoms with Gasteiger partial charge in [-0.2, -0.15) is 5.10 Å². The smallest absolute Gasteiger partial charge is 0.195 e. The van der Waals surface area contributed by atoms with Gasteiger partial charge in [0, 0.05) is 12.0 Å². The van der Waals surface area contributed by atoms with Crippen LogP contribution in [0.5, 0.6) is 0 Å². The summed E-state index contributed by atoms with van der Waals surface area (Å²) in [5.41, 5.74) is 0. The van der Waals surface area contributed by atoms with Gasteiger partial charge in [0.2, 0.25) is 0 Å². The summed E-state index contributed by atoms with van der Waals surface area (Å²) in [5.74, 6) is 3.40. The third-order valence-corrected chi connectivity index (χ3v) is 4.57. The fourth-order valence-electron chi connectivity index (χ4n) is 3.57. The lowest BCUT2D eigenvalue weighted by atomic mass is 9.95. The largest absolute Gasteiger partial charge is 0.301 e. The fraction of sp³-hybridized carbons (Fsp3) is 0.833. The molecule has 0 aromatic carbocycles. The van der Waals surface area contributed by atoms with Crippen molar-refractivity contribution < 1.29 is 0 Å². The van der Waals surface area contributed by atoms with E-state index in [1.165, 1.54) is 25.7 Å². The Hall–Kier alpha value is -0.640. The van der Waals surface area contributed by atoms with Crippen LogP contribution in [0.1, 0.15) is 57.3 Å². The molecule has 16 heavy (non-hydrogen) atoms. The number of fused-ring (bicyclic) bond motifs is 2. The number of hydrogen-bond donors (Lipinski definition) is 1. The minimum absolute atomic E-state index is 0.451. The first-order valence-corrected chi connectivity index (χ1v) is 6.74. The van der Waals surface area contributed by atoms with Gasteiger partial charge in [-0.15, -0.1) is 0 Å². The standard InChI is InChI=1S/C12H19N3S/c1-7(2)11-13-14-12(16)15(11)10-6-8-3-4-9(10)5-8/h7-10H,3-6H2,1-2H3,(H,14,16). The Kier molecular flexibility index (Phi) is 2.42. The van der Waals surface area contributed by atoms with Gasteiger partial charge in [0.05, 0.1) is 0 Å². The Labute approximate surface area is 101 Å². The van der Waals surface area contributed by atoms with Crippen molar-refractivity contribution in [1.82, 2.24) is 14.8 Å². The third-order valence-electron chi connectivity index (χ3n) is 4.28. The molecule has 0 aliphatic heterocycles. The summed E-state index contributed by atoms with van der Waals surface area (Å²) >= 11 is 5.39. The zero-order valence-electron chi connectivity index (χ0n) is 9.94. The second-order valence-corrected chi connectivity index (χ2v) is 6.04. The lowest BCUT2D eigenvalue weighted by Crippen LogP contribution is -2.19. The highest BCUT2D eigenvalue weighted by atomic mass is 32.1. The second-order valence-electron chi connectivity index (χ2n) is 5.65. The SMILES string of the molecule is CC(C)c1n[nH]c(=S)n1C1CC2CCC1C2. The van der Waals surface area contributed by atoms with Crippen molar-refractivity contribution >= 4 is 12.2 Å². The first-order valence-electron chi connectivity index (χ1n) is 6.33. The number of nitrogens with one attached hydrogen (secondary N) is 1. The average Bonchev–Trinajstić information content (AvgIpc) is 2.90. The third kappa shape index (κ3) is 1.46. The number of nitrogens with zero attached hydrogens (tertiary/aromatic N) is 2. The van der Waals surface area contributed by atoms with Crippen LogP contribution in [0.15, 0.2) is 0 Å². The van der Waals surface area contributed by atoms with Gasteiger partial charge in [-0.05, 0) is 43.3 Å². The average molecular weight is 237 g/mol. The lowest BCUT2D eigenvalue weighted by molar-refractivity contribution is 0.317. The molecule has 0 radical (unpaired) electrons. The molecular weight excluding hydrogens is 218 g/mol. The zero-order chi connectivity index (χ0) is 11.3. The Morgan fingerprint density at radius 3 is 2.75 bits per heavy atom. The molecule has 2 bridgehead atoms. The topological polar surface area (TPSA) is 33.6 Å². The van der Waals surface area contributed by atoms with Crippen LogP contribution in [-0.4, -0.2) is 14.8 Å². The molecule has 1 aromatic heterocycles. The zero-order valence-corrected chi connectivity index (χ0v) is 10.8. The van der Waals surface area contributed by atoms with Crippen LogP contribution in [0.25, 0.3) is 0 Å². The Bertz CT molecular complexity index is 445.